The summed E-state index contributed by atoms with van der Waals surface area (Å²) in [6.45, 7) is 0. The van der Waals surface area contributed by atoms with Gasteiger partial charge in [-0.05, 0) is 0 Å². The van der Waals surface area contributed by atoms with E-state index in [0.29, 0.717) is 5.82 Å². The van der Waals surface area contributed by atoms with Crippen molar-refractivity contribution in [3.63, 3.8) is 0 Å². The van der Waals surface area contributed by atoms with Gasteiger partial charge in [-0.15, -0.1) is 0 Å². The number of aromatic amines is 1. The highest BCUT2D eigenvalue weighted by Gasteiger charge is 2.10. The normalized spacial score (nSPS) is 14.0. The molecule has 3 rings (SSSR count). The molecule has 58 valence electrons. The summed E-state index contributed by atoms with van der Waals surface area (Å²) in [5, 5.41) is 10.9. The first-order chi connectivity index (χ1) is 5.95. The summed E-state index contributed by atoms with van der Waals surface area (Å²) in [5.74, 6) is 0.625. The van der Waals surface area contributed by atoms with Crippen LogP contribution in [0.3, 0.4) is 0 Å². The Balaban J connectivity index is 2.56. The fourth-order valence-corrected chi connectivity index (χ4v) is 1.19. The molecular formula is C6H4N6. The van der Waals surface area contributed by atoms with Gasteiger partial charge in [-0.3, -0.25) is 5.10 Å². The Labute approximate surface area is 66.6 Å². The Morgan fingerprint density at radius 1 is 1.42 bits per heavy atom. The van der Waals surface area contributed by atoms with Crippen molar-refractivity contribution in [3.05, 3.63) is 6.20 Å². The second kappa shape index (κ2) is 1.79. The number of hydrogen-bond acceptors (Lipinski definition) is 4. The second-order valence-corrected chi connectivity index (χ2v) is 2.41. The summed E-state index contributed by atoms with van der Waals surface area (Å²) in [6.07, 6.45) is 4.74. The zero-order chi connectivity index (χ0) is 7.97. The average Bonchev–Trinajstić information content (AvgIpc) is 2.57. The molecule has 0 amide bonds. The zero-order valence-electron chi connectivity index (χ0n) is 5.97. The van der Waals surface area contributed by atoms with Gasteiger partial charge >= 0.3 is 0 Å². The van der Waals surface area contributed by atoms with Crippen LogP contribution in [0, 0.1) is 0 Å². The van der Waals surface area contributed by atoms with Gasteiger partial charge in [0.05, 0.1) is 6.20 Å². The van der Waals surface area contributed by atoms with Gasteiger partial charge in [0.2, 0.25) is 5.82 Å². The highest BCUT2D eigenvalue weighted by molar-refractivity contribution is 5.93. The van der Waals surface area contributed by atoms with Crippen LogP contribution in [0.25, 0.3) is 11.0 Å². The van der Waals surface area contributed by atoms with Crippen LogP contribution in [-0.2, 0) is 0 Å². The van der Waals surface area contributed by atoms with Crippen molar-refractivity contribution in [2.45, 2.75) is 0 Å². The van der Waals surface area contributed by atoms with Gasteiger partial charge in [0.25, 0.3) is 0 Å². The number of H-pyrrole nitrogens is 1. The van der Waals surface area contributed by atoms with E-state index in [1.54, 1.807) is 17.2 Å². The summed E-state index contributed by atoms with van der Waals surface area (Å²) in [7, 11) is 0. The Hall–Kier alpha value is -1.98. The molecule has 6 heteroatoms. The van der Waals surface area contributed by atoms with Gasteiger partial charge < -0.3 is 0 Å². The number of nitrogens with zero attached hydrogens (tertiary/aromatic N) is 5. The minimum atomic E-state index is 0.625. The summed E-state index contributed by atoms with van der Waals surface area (Å²) in [4.78, 5) is 7.90. The van der Waals surface area contributed by atoms with E-state index >= 15 is 0 Å². The van der Waals surface area contributed by atoms with E-state index in [1.807, 2.05) is 0 Å². The van der Waals surface area contributed by atoms with Gasteiger partial charge in [-0.25, -0.2) is 14.7 Å². The molecule has 6 nitrogen and oxygen atoms in total. The summed E-state index contributed by atoms with van der Waals surface area (Å²) in [5.41, 5.74) is 1.74. The van der Waals surface area contributed by atoms with E-state index in [9.17, 15) is 0 Å². The molecule has 0 fully saturated rings. The maximum atomic E-state index is 4.06. The number of rotatable bonds is 0. The zero-order valence-corrected chi connectivity index (χ0v) is 5.97. The number of aliphatic imine (C=N–C) groups is 2. The maximum Gasteiger partial charge on any atom is 0.201 e. The molecule has 1 aliphatic heterocycles. The molecule has 1 N–H and O–H groups in total. The topological polar surface area (TPSA) is 71.2 Å². The predicted octanol–water partition coefficient (Wildman–Crippen LogP) is 0.309. The van der Waals surface area contributed by atoms with Crippen molar-refractivity contribution >= 4 is 29.5 Å². The molecule has 3 heterocycles. The minimum Gasteiger partial charge on any atom is -0.272 e. The molecule has 0 saturated carbocycles. The highest BCUT2D eigenvalue weighted by Crippen LogP contribution is 2.21. The van der Waals surface area contributed by atoms with Crippen molar-refractivity contribution in [3.8, 4) is 0 Å². The fourth-order valence-electron chi connectivity index (χ4n) is 1.19. The summed E-state index contributed by atoms with van der Waals surface area (Å²) in [6, 6.07) is 0. The smallest absolute Gasteiger partial charge is 0.201 e. The van der Waals surface area contributed by atoms with Crippen molar-refractivity contribution < 1.29 is 0 Å². The molecule has 0 bridgehead atoms. The molecule has 0 aromatic carbocycles. The lowest BCUT2D eigenvalue weighted by molar-refractivity contribution is 0.982. The lowest BCUT2D eigenvalue weighted by Crippen LogP contribution is -1.95. The minimum absolute atomic E-state index is 0.625. The van der Waals surface area contributed by atoms with Crippen LogP contribution in [-0.4, -0.2) is 32.7 Å². The van der Waals surface area contributed by atoms with Crippen molar-refractivity contribution in [1.29, 1.82) is 0 Å². The van der Waals surface area contributed by atoms with E-state index in [0.717, 1.165) is 11.0 Å². The highest BCUT2D eigenvalue weighted by atomic mass is 15.3. The third-order valence-electron chi connectivity index (χ3n) is 1.71. The van der Waals surface area contributed by atoms with E-state index < -0.39 is 0 Å². The van der Waals surface area contributed by atoms with Crippen molar-refractivity contribution in [1.82, 2.24) is 20.0 Å². The Kier molecular flexibility index (Phi) is 0.840. The van der Waals surface area contributed by atoms with E-state index in [1.165, 1.54) is 6.34 Å². The lowest BCUT2D eigenvalue weighted by Gasteiger charge is -1.86. The summed E-state index contributed by atoms with van der Waals surface area (Å²) < 4.78 is 1.64. The van der Waals surface area contributed by atoms with Gasteiger partial charge in [0.15, 0.2) is 0 Å². The molecular weight excluding hydrogens is 156 g/mol. The molecule has 0 spiro atoms. The predicted molar refractivity (Wildman–Crippen MR) is 43.9 cm³/mol. The average molecular weight is 160 g/mol. The lowest BCUT2D eigenvalue weighted by atomic mass is 10.5. The van der Waals surface area contributed by atoms with Gasteiger partial charge in [-0.2, -0.15) is 10.2 Å². The van der Waals surface area contributed by atoms with Crippen LogP contribution in [0.15, 0.2) is 16.2 Å². The molecule has 2 aromatic rings. The van der Waals surface area contributed by atoms with E-state index in [-0.39, 0.29) is 0 Å². The molecule has 0 unspecified atom stereocenters. The fraction of sp³-hybridized carbons (Fsp3) is 0. The van der Waals surface area contributed by atoms with Crippen LogP contribution in [0.5, 0.6) is 0 Å². The monoisotopic (exact) mass is 160 g/mol. The maximum absolute atomic E-state index is 4.06. The largest absolute Gasteiger partial charge is 0.272 e. The molecule has 0 aliphatic carbocycles. The summed E-state index contributed by atoms with van der Waals surface area (Å²) >= 11 is 0. The quantitative estimate of drug-likeness (QED) is 0.602. The molecule has 0 saturated heterocycles. The van der Waals surface area contributed by atoms with E-state index in [2.05, 4.69) is 25.3 Å². The Morgan fingerprint density at radius 2 is 2.42 bits per heavy atom. The van der Waals surface area contributed by atoms with Crippen molar-refractivity contribution in [2.24, 2.45) is 9.98 Å². The number of nitrogens with one attached hydrogen (secondary N) is 1. The van der Waals surface area contributed by atoms with Gasteiger partial charge in [0.1, 0.15) is 23.7 Å². The first-order valence-electron chi connectivity index (χ1n) is 3.42. The standard InChI is InChI=1S/C6H4N6/c1-4-5-6(11-10-4)8-2-7-3-12(5)9-1/h1-3H,(H,10,11). The first-order valence-corrected chi connectivity index (χ1v) is 3.42. The Bertz CT molecular complexity index is 446. The van der Waals surface area contributed by atoms with Crippen LogP contribution in [0.1, 0.15) is 0 Å². The number of hydrogen-bond donors (Lipinski definition) is 1. The van der Waals surface area contributed by atoms with Crippen LogP contribution < -0.4 is 0 Å². The van der Waals surface area contributed by atoms with Gasteiger partial charge in [-0.1, -0.05) is 0 Å². The third-order valence-corrected chi connectivity index (χ3v) is 1.71. The van der Waals surface area contributed by atoms with E-state index in [4.69, 9.17) is 0 Å². The van der Waals surface area contributed by atoms with Crippen molar-refractivity contribution in [2.75, 3.05) is 0 Å². The van der Waals surface area contributed by atoms with Gasteiger partial charge in [0, 0.05) is 0 Å². The SMILES string of the molecule is C1=NC=Nc2n[nH]c3cnn1c23. The van der Waals surface area contributed by atoms with Crippen LogP contribution >= 0.6 is 0 Å². The first kappa shape index (κ1) is 5.64. The number of aromatic nitrogens is 4. The Morgan fingerprint density at radius 3 is 3.42 bits per heavy atom. The second-order valence-electron chi connectivity index (χ2n) is 2.41. The molecule has 0 radical (unpaired) electrons. The third kappa shape index (κ3) is 0.541. The molecule has 1 aliphatic rings. The van der Waals surface area contributed by atoms with Crippen LogP contribution in [0.4, 0.5) is 5.82 Å². The molecule has 2 aromatic heterocycles. The molecule has 0 atom stereocenters. The molecule has 12 heavy (non-hydrogen) atoms. The van der Waals surface area contributed by atoms with Crippen LogP contribution in [0.2, 0.25) is 0 Å².